The fraction of sp³-hybridized carbons (Fsp3) is 0.647. The molecule has 1 aromatic carbocycles. The molecule has 0 saturated carbocycles. The number of rotatable bonds is 9. The fourth-order valence-electron chi connectivity index (χ4n) is 2.29. The molecule has 1 unspecified atom stereocenters. The normalized spacial score (nSPS) is 12.9. The SMILES string of the molecule is CC(C)CCCCCCNC(C)c1ccccc1Cl. The summed E-state index contributed by atoms with van der Waals surface area (Å²) in [6.07, 6.45) is 6.68. The Morgan fingerprint density at radius 2 is 1.68 bits per heavy atom. The van der Waals surface area contributed by atoms with Gasteiger partial charge in [-0.2, -0.15) is 0 Å². The lowest BCUT2D eigenvalue weighted by atomic mass is 10.0. The highest BCUT2D eigenvalue weighted by molar-refractivity contribution is 6.31. The van der Waals surface area contributed by atoms with Crippen LogP contribution in [0.3, 0.4) is 0 Å². The van der Waals surface area contributed by atoms with Crippen molar-refractivity contribution < 1.29 is 0 Å². The van der Waals surface area contributed by atoms with E-state index in [0.717, 1.165) is 17.5 Å². The van der Waals surface area contributed by atoms with E-state index < -0.39 is 0 Å². The minimum atomic E-state index is 0.337. The molecule has 1 aromatic rings. The van der Waals surface area contributed by atoms with Crippen molar-refractivity contribution in [3.63, 3.8) is 0 Å². The Kier molecular flexibility index (Phi) is 8.16. The van der Waals surface area contributed by atoms with Crippen molar-refractivity contribution >= 4 is 11.6 Å². The number of halogens is 1. The van der Waals surface area contributed by atoms with Gasteiger partial charge in [-0.25, -0.2) is 0 Å². The second kappa shape index (κ2) is 9.39. The summed E-state index contributed by atoms with van der Waals surface area (Å²) in [5.41, 5.74) is 1.20. The average molecular weight is 282 g/mol. The number of hydrogen-bond donors (Lipinski definition) is 1. The molecular formula is C17H28ClN. The number of benzene rings is 1. The fourth-order valence-corrected chi connectivity index (χ4v) is 2.59. The van der Waals surface area contributed by atoms with Crippen LogP contribution in [0.2, 0.25) is 5.02 Å². The van der Waals surface area contributed by atoms with Gasteiger partial charge in [0.05, 0.1) is 0 Å². The van der Waals surface area contributed by atoms with E-state index in [4.69, 9.17) is 11.6 Å². The highest BCUT2D eigenvalue weighted by Gasteiger charge is 2.07. The largest absolute Gasteiger partial charge is 0.310 e. The second-order valence-electron chi connectivity index (χ2n) is 5.79. The van der Waals surface area contributed by atoms with Gasteiger partial charge in [0.1, 0.15) is 0 Å². The van der Waals surface area contributed by atoms with Gasteiger partial charge in [-0.1, -0.05) is 69.3 Å². The minimum Gasteiger partial charge on any atom is -0.310 e. The second-order valence-corrected chi connectivity index (χ2v) is 6.20. The molecule has 2 heteroatoms. The van der Waals surface area contributed by atoms with Gasteiger partial charge in [-0.3, -0.25) is 0 Å². The van der Waals surface area contributed by atoms with Gasteiger partial charge in [0, 0.05) is 11.1 Å². The molecule has 0 bridgehead atoms. The molecule has 1 rings (SSSR count). The van der Waals surface area contributed by atoms with Gasteiger partial charge in [0.25, 0.3) is 0 Å². The molecule has 0 aliphatic carbocycles. The van der Waals surface area contributed by atoms with Crippen molar-refractivity contribution in [2.75, 3.05) is 6.54 Å². The van der Waals surface area contributed by atoms with E-state index in [9.17, 15) is 0 Å². The van der Waals surface area contributed by atoms with Crippen LogP contribution in [0.15, 0.2) is 24.3 Å². The molecular weight excluding hydrogens is 254 g/mol. The van der Waals surface area contributed by atoms with Crippen LogP contribution in [0.4, 0.5) is 0 Å². The van der Waals surface area contributed by atoms with Crippen molar-refractivity contribution in [1.29, 1.82) is 0 Å². The lowest BCUT2D eigenvalue weighted by Gasteiger charge is -2.15. The molecule has 0 spiro atoms. The third kappa shape index (κ3) is 6.98. The summed E-state index contributed by atoms with van der Waals surface area (Å²) >= 11 is 6.19. The van der Waals surface area contributed by atoms with Crippen molar-refractivity contribution in [2.24, 2.45) is 5.92 Å². The molecule has 1 N–H and O–H groups in total. The number of nitrogens with one attached hydrogen (secondary N) is 1. The predicted octanol–water partition coefficient (Wildman–Crippen LogP) is 5.60. The van der Waals surface area contributed by atoms with E-state index >= 15 is 0 Å². The van der Waals surface area contributed by atoms with Crippen molar-refractivity contribution in [3.05, 3.63) is 34.9 Å². The van der Waals surface area contributed by atoms with E-state index in [1.165, 1.54) is 37.7 Å². The molecule has 0 radical (unpaired) electrons. The maximum atomic E-state index is 6.19. The first-order valence-corrected chi connectivity index (χ1v) is 7.97. The van der Waals surface area contributed by atoms with Crippen LogP contribution < -0.4 is 5.32 Å². The molecule has 0 aliphatic heterocycles. The summed E-state index contributed by atoms with van der Waals surface area (Å²) < 4.78 is 0. The van der Waals surface area contributed by atoms with Crippen molar-refractivity contribution in [3.8, 4) is 0 Å². The van der Waals surface area contributed by atoms with Crippen molar-refractivity contribution in [2.45, 2.75) is 58.9 Å². The third-order valence-electron chi connectivity index (χ3n) is 3.53. The topological polar surface area (TPSA) is 12.0 Å². The molecule has 0 amide bonds. The van der Waals surface area contributed by atoms with Crippen LogP contribution in [0.25, 0.3) is 0 Å². The van der Waals surface area contributed by atoms with Crippen LogP contribution in [0, 0.1) is 5.92 Å². The molecule has 19 heavy (non-hydrogen) atoms. The van der Waals surface area contributed by atoms with E-state index in [0.29, 0.717) is 6.04 Å². The van der Waals surface area contributed by atoms with Gasteiger partial charge in [0.15, 0.2) is 0 Å². The Morgan fingerprint density at radius 3 is 2.37 bits per heavy atom. The van der Waals surface area contributed by atoms with Crippen LogP contribution in [-0.2, 0) is 0 Å². The molecule has 0 heterocycles. The minimum absolute atomic E-state index is 0.337. The first-order chi connectivity index (χ1) is 9.11. The zero-order valence-corrected chi connectivity index (χ0v) is 13.3. The maximum Gasteiger partial charge on any atom is 0.0453 e. The Balaban J connectivity index is 2.11. The molecule has 0 saturated heterocycles. The first kappa shape index (κ1) is 16.5. The van der Waals surface area contributed by atoms with Crippen LogP contribution in [0.5, 0.6) is 0 Å². The van der Waals surface area contributed by atoms with Gasteiger partial charge in [0.2, 0.25) is 0 Å². The monoisotopic (exact) mass is 281 g/mol. The molecule has 0 aromatic heterocycles. The summed E-state index contributed by atoms with van der Waals surface area (Å²) in [5, 5.41) is 4.42. The summed E-state index contributed by atoms with van der Waals surface area (Å²) in [5.74, 6) is 0.846. The number of unbranched alkanes of at least 4 members (excludes halogenated alkanes) is 3. The standard InChI is InChI=1S/C17H28ClN/c1-14(2)10-6-4-5-9-13-19-15(3)16-11-7-8-12-17(16)18/h7-8,11-12,14-15,19H,4-6,9-10,13H2,1-3H3. The van der Waals surface area contributed by atoms with Gasteiger partial charge in [-0.05, 0) is 37.4 Å². The van der Waals surface area contributed by atoms with Crippen LogP contribution in [-0.4, -0.2) is 6.54 Å². The van der Waals surface area contributed by atoms with E-state index in [2.05, 4.69) is 32.2 Å². The van der Waals surface area contributed by atoms with Gasteiger partial charge >= 0.3 is 0 Å². The summed E-state index contributed by atoms with van der Waals surface area (Å²) in [6, 6.07) is 8.42. The first-order valence-electron chi connectivity index (χ1n) is 7.59. The molecule has 0 fully saturated rings. The third-order valence-corrected chi connectivity index (χ3v) is 3.87. The zero-order chi connectivity index (χ0) is 14.1. The Morgan fingerprint density at radius 1 is 1.00 bits per heavy atom. The Bertz CT molecular complexity index is 349. The predicted molar refractivity (Wildman–Crippen MR) is 85.8 cm³/mol. The smallest absolute Gasteiger partial charge is 0.0453 e. The highest BCUT2D eigenvalue weighted by atomic mass is 35.5. The molecule has 1 nitrogen and oxygen atoms in total. The lowest BCUT2D eigenvalue weighted by molar-refractivity contribution is 0.498. The van der Waals surface area contributed by atoms with Gasteiger partial charge in [-0.15, -0.1) is 0 Å². The van der Waals surface area contributed by atoms with Gasteiger partial charge < -0.3 is 5.32 Å². The lowest BCUT2D eigenvalue weighted by Crippen LogP contribution is -2.20. The molecule has 108 valence electrons. The van der Waals surface area contributed by atoms with E-state index in [1.807, 2.05) is 18.2 Å². The summed E-state index contributed by atoms with van der Waals surface area (Å²) in [6.45, 7) is 7.85. The Hall–Kier alpha value is -0.530. The summed E-state index contributed by atoms with van der Waals surface area (Å²) in [7, 11) is 0. The zero-order valence-electron chi connectivity index (χ0n) is 12.6. The quantitative estimate of drug-likeness (QED) is 0.581. The number of hydrogen-bond acceptors (Lipinski definition) is 1. The van der Waals surface area contributed by atoms with E-state index in [-0.39, 0.29) is 0 Å². The average Bonchev–Trinajstić information content (AvgIpc) is 2.37. The molecule has 1 atom stereocenters. The van der Waals surface area contributed by atoms with Crippen LogP contribution in [0.1, 0.15) is 64.5 Å². The van der Waals surface area contributed by atoms with Crippen LogP contribution >= 0.6 is 11.6 Å². The Labute approximate surface area is 123 Å². The summed E-state index contributed by atoms with van der Waals surface area (Å²) in [4.78, 5) is 0. The van der Waals surface area contributed by atoms with E-state index in [1.54, 1.807) is 0 Å². The highest BCUT2D eigenvalue weighted by Crippen LogP contribution is 2.22. The van der Waals surface area contributed by atoms with Crippen molar-refractivity contribution in [1.82, 2.24) is 5.32 Å². The maximum absolute atomic E-state index is 6.19. The molecule has 0 aliphatic rings.